The molecule has 6 nitrogen and oxygen atoms in total. The van der Waals surface area contributed by atoms with E-state index in [0.717, 1.165) is 5.52 Å². The summed E-state index contributed by atoms with van der Waals surface area (Å²) in [6, 6.07) is 13.8. The molecule has 0 fully saturated rings. The first-order valence-electron chi connectivity index (χ1n) is 6.61. The topological polar surface area (TPSA) is 72.7 Å². The van der Waals surface area contributed by atoms with Crippen LogP contribution in [0, 0.1) is 0 Å². The molecule has 3 aromatic rings. The molecular weight excluding hydrogens is 282 g/mol. The zero-order valence-corrected chi connectivity index (χ0v) is 11.8. The minimum atomic E-state index is -0.418. The smallest absolute Gasteiger partial charge is 0.337 e. The van der Waals surface area contributed by atoms with Gasteiger partial charge in [-0.25, -0.2) is 9.31 Å². The molecule has 2 aromatic heterocycles. The number of hydrogen-bond donors (Lipinski definition) is 1. The van der Waals surface area contributed by atoms with Gasteiger partial charge in [-0.15, -0.1) is 0 Å². The predicted octanol–water partition coefficient (Wildman–Crippen LogP) is 2.37. The fourth-order valence-electron chi connectivity index (χ4n) is 2.05. The van der Waals surface area contributed by atoms with Crippen LogP contribution in [0.5, 0.6) is 0 Å². The number of benzene rings is 1. The molecule has 0 saturated heterocycles. The van der Waals surface area contributed by atoms with E-state index in [1.807, 2.05) is 18.2 Å². The van der Waals surface area contributed by atoms with E-state index >= 15 is 0 Å². The van der Waals surface area contributed by atoms with E-state index in [0.29, 0.717) is 16.9 Å². The molecular formula is C16H13N3O3. The van der Waals surface area contributed by atoms with Crippen molar-refractivity contribution in [1.29, 1.82) is 0 Å². The molecule has 2 heterocycles. The number of carbonyl (C=O) groups is 2. The molecule has 1 aromatic carbocycles. The first kappa shape index (κ1) is 13.8. The van der Waals surface area contributed by atoms with Crippen molar-refractivity contribution in [2.45, 2.75) is 0 Å². The highest BCUT2D eigenvalue weighted by Crippen LogP contribution is 2.13. The van der Waals surface area contributed by atoms with Gasteiger partial charge in [0.05, 0.1) is 18.2 Å². The molecule has 1 amide bonds. The Kier molecular flexibility index (Phi) is 3.57. The van der Waals surface area contributed by atoms with E-state index in [1.54, 1.807) is 41.0 Å². The summed E-state index contributed by atoms with van der Waals surface area (Å²) in [7, 11) is 1.32. The fraction of sp³-hybridized carbons (Fsp3) is 0.0625. The molecule has 1 N–H and O–H groups in total. The Morgan fingerprint density at radius 3 is 2.59 bits per heavy atom. The fourth-order valence-corrected chi connectivity index (χ4v) is 2.05. The molecule has 0 aliphatic rings. The largest absolute Gasteiger partial charge is 0.465 e. The van der Waals surface area contributed by atoms with Crippen LogP contribution in [0.3, 0.4) is 0 Å². The highest BCUT2D eigenvalue weighted by Gasteiger charge is 2.11. The maximum atomic E-state index is 12.2. The average Bonchev–Trinajstić information content (AvgIpc) is 2.99. The summed E-state index contributed by atoms with van der Waals surface area (Å²) in [5.74, 6) is -0.729. The van der Waals surface area contributed by atoms with Crippen LogP contribution in [0.2, 0.25) is 0 Å². The van der Waals surface area contributed by atoms with Crippen molar-refractivity contribution in [3.63, 3.8) is 0 Å². The first-order valence-corrected chi connectivity index (χ1v) is 6.61. The lowest BCUT2D eigenvalue weighted by Crippen LogP contribution is -2.12. The summed E-state index contributed by atoms with van der Waals surface area (Å²) in [4.78, 5) is 23.5. The lowest BCUT2D eigenvalue weighted by molar-refractivity contribution is 0.0600. The lowest BCUT2D eigenvalue weighted by Gasteiger charge is -2.04. The van der Waals surface area contributed by atoms with E-state index in [4.69, 9.17) is 0 Å². The van der Waals surface area contributed by atoms with Gasteiger partial charge in [0, 0.05) is 11.9 Å². The van der Waals surface area contributed by atoms with Crippen molar-refractivity contribution in [2.75, 3.05) is 12.4 Å². The van der Waals surface area contributed by atoms with Gasteiger partial charge in [-0.3, -0.25) is 4.79 Å². The molecule has 0 aliphatic heterocycles. The molecule has 0 spiro atoms. The van der Waals surface area contributed by atoms with Crippen molar-refractivity contribution in [1.82, 2.24) is 9.61 Å². The Hall–Kier alpha value is -3.15. The van der Waals surface area contributed by atoms with Crippen molar-refractivity contribution in [3.05, 3.63) is 66.0 Å². The highest BCUT2D eigenvalue weighted by molar-refractivity contribution is 6.03. The maximum absolute atomic E-state index is 12.2. The molecule has 6 heteroatoms. The summed E-state index contributed by atoms with van der Waals surface area (Å²) in [5, 5.41) is 6.93. The van der Waals surface area contributed by atoms with E-state index in [9.17, 15) is 9.59 Å². The summed E-state index contributed by atoms with van der Waals surface area (Å²) in [5.41, 5.74) is 2.17. The third-order valence-electron chi connectivity index (χ3n) is 3.17. The molecule has 3 rings (SSSR count). The van der Waals surface area contributed by atoms with E-state index in [2.05, 4.69) is 15.2 Å². The first-order chi connectivity index (χ1) is 10.7. The summed E-state index contributed by atoms with van der Waals surface area (Å²) in [6.45, 7) is 0. The van der Waals surface area contributed by atoms with Crippen LogP contribution in [-0.2, 0) is 4.74 Å². The number of hydrogen-bond acceptors (Lipinski definition) is 4. The number of rotatable bonds is 3. The van der Waals surface area contributed by atoms with Crippen LogP contribution in [0.1, 0.15) is 20.8 Å². The zero-order chi connectivity index (χ0) is 15.5. The Bertz CT molecular complexity index is 804. The van der Waals surface area contributed by atoms with Crippen LogP contribution in [0.4, 0.5) is 5.69 Å². The average molecular weight is 295 g/mol. The number of methoxy groups -OCH3 is 1. The normalized spacial score (nSPS) is 10.4. The number of anilines is 1. The Balaban J connectivity index is 1.77. The van der Waals surface area contributed by atoms with Crippen molar-refractivity contribution in [3.8, 4) is 0 Å². The van der Waals surface area contributed by atoms with Crippen LogP contribution in [-0.4, -0.2) is 28.6 Å². The molecule has 0 unspecified atom stereocenters. The van der Waals surface area contributed by atoms with Crippen molar-refractivity contribution in [2.24, 2.45) is 0 Å². The number of fused-ring (bicyclic) bond motifs is 1. The van der Waals surface area contributed by atoms with E-state index in [-0.39, 0.29) is 5.91 Å². The number of ether oxygens (including phenoxy) is 1. The summed E-state index contributed by atoms with van der Waals surface area (Å²) >= 11 is 0. The van der Waals surface area contributed by atoms with Gasteiger partial charge in [-0.1, -0.05) is 6.07 Å². The van der Waals surface area contributed by atoms with Gasteiger partial charge in [-0.2, -0.15) is 5.10 Å². The SMILES string of the molecule is COC(=O)c1ccc(NC(=O)c2cc3ccccn3n2)cc1. The number of carbonyl (C=O) groups excluding carboxylic acids is 2. The molecule has 22 heavy (non-hydrogen) atoms. The third-order valence-corrected chi connectivity index (χ3v) is 3.17. The van der Waals surface area contributed by atoms with Gasteiger partial charge in [0.25, 0.3) is 5.91 Å². The van der Waals surface area contributed by atoms with Gasteiger partial charge in [-0.05, 0) is 42.5 Å². The minimum Gasteiger partial charge on any atom is -0.465 e. The molecule has 0 atom stereocenters. The monoisotopic (exact) mass is 295 g/mol. The second kappa shape index (κ2) is 5.69. The Morgan fingerprint density at radius 1 is 1.14 bits per heavy atom. The van der Waals surface area contributed by atoms with E-state index in [1.165, 1.54) is 7.11 Å². The van der Waals surface area contributed by atoms with Crippen LogP contribution in [0.25, 0.3) is 5.52 Å². The third kappa shape index (κ3) is 2.67. The van der Waals surface area contributed by atoms with E-state index < -0.39 is 5.97 Å². The van der Waals surface area contributed by atoms with Crippen LogP contribution < -0.4 is 5.32 Å². The Morgan fingerprint density at radius 2 is 1.91 bits per heavy atom. The van der Waals surface area contributed by atoms with Crippen molar-refractivity contribution < 1.29 is 14.3 Å². The molecule has 0 bridgehead atoms. The van der Waals surface area contributed by atoms with Crippen molar-refractivity contribution >= 4 is 23.1 Å². The number of amides is 1. The quantitative estimate of drug-likeness (QED) is 0.753. The van der Waals surface area contributed by atoms with Gasteiger partial charge in [0.1, 0.15) is 0 Å². The predicted molar refractivity (Wildman–Crippen MR) is 80.9 cm³/mol. The lowest BCUT2D eigenvalue weighted by atomic mass is 10.2. The number of esters is 1. The molecule has 0 radical (unpaired) electrons. The van der Waals surface area contributed by atoms with Gasteiger partial charge >= 0.3 is 5.97 Å². The van der Waals surface area contributed by atoms with Gasteiger partial charge < -0.3 is 10.1 Å². The number of nitrogens with one attached hydrogen (secondary N) is 1. The molecule has 0 saturated carbocycles. The molecule has 110 valence electrons. The summed E-state index contributed by atoms with van der Waals surface area (Å²) < 4.78 is 6.26. The highest BCUT2D eigenvalue weighted by atomic mass is 16.5. The summed E-state index contributed by atoms with van der Waals surface area (Å²) in [6.07, 6.45) is 1.78. The van der Waals surface area contributed by atoms with Gasteiger partial charge in [0.2, 0.25) is 0 Å². The van der Waals surface area contributed by atoms with Gasteiger partial charge in [0.15, 0.2) is 5.69 Å². The standard InChI is InChI=1S/C16H13N3O3/c1-22-16(21)11-5-7-12(8-6-11)17-15(20)14-10-13-4-2-3-9-19(13)18-14/h2-10H,1H3,(H,17,20). The second-order valence-corrected chi connectivity index (χ2v) is 4.62. The minimum absolute atomic E-state index is 0.311. The zero-order valence-electron chi connectivity index (χ0n) is 11.8. The number of nitrogens with zero attached hydrogens (tertiary/aromatic N) is 2. The maximum Gasteiger partial charge on any atom is 0.337 e. The second-order valence-electron chi connectivity index (χ2n) is 4.62. The number of aromatic nitrogens is 2. The number of pyridine rings is 1. The van der Waals surface area contributed by atoms with Crippen LogP contribution >= 0.6 is 0 Å². The van der Waals surface area contributed by atoms with Crippen LogP contribution in [0.15, 0.2) is 54.7 Å². The molecule has 0 aliphatic carbocycles. The Labute approximate surface area is 126 Å².